The van der Waals surface area contributed by atoms with Crippen LogP contribution in [0.4, 0.5) is 17.3 Å². The third-order valence-electron chi connectivity index (χ3n) is 5.06. The number of benzene rings is 1. The van der Waals surface area contributed by atoms with Gasteiger partial charge in [0.1, 0.15) is 29.3 Å². The van der Waals surface area contributed by atoms with Gasteiger partial charge in [-0.1, -0.05) is 11.6 Å². The van der Waals surface area contributed by atoms with E-state index in [0.29, 0.717) is 29.6 Å². The third-order valence-corrected chi connectivity index (χ3v) is 5.28. The molecule has 30 heavy (non-hydrogen) atoms. The third kappa shape index (κ3) is 4.82. The molecule has 160 valence electrons. The van der Waals surface area contributed by atoms with Crippen LogP contribution < -0.4 is 21.7 Å². The van der Waals surface area contributed by atoms with Crippen LogP contribution in [0.2, 0.25) is 5.02 Å². The molecule has 0 bridgehead atoms. The Kier molecular flexibility index (Phi) is 6.46. The quantitative estimate of drug-likeness (QED) is 0.527. The van der Waals surface area contributed by atoms with Gasteiger partial charge in [0, 0.05) is 43.0 Å². The molecule has 0 aliphatic carbocycles. The van der Waals surface area contributed by atoms with Crippen molar-refractivity contribution in [3.63, 3.8) is 0 Å². The first-order valence-electron chi connectivity index (χ1n) is 9.40. The van der Waals surface area contributed by atoms with E-state index in [4.69, 9.17) is 23.1 Å². The number of nitrogens with two attached hydrogens (primary N) is 2. The Morgan fingerprint density at radius 3 is 2.83 bits per heavy atom. The number of hydrogen-bond acceptors (Lipinski definition) is 8. The fourth-order valence-corrected chi connectivity index (χ4v) is 3.76. The number of aromatic nitrogens is 2. The molecule has 2 amide bonds. The van der Waals surface area contributed by atoms with Crippen LogP contribution in [0, 0.1) is 0 Å². The van der Waals surface area contributed by atoms with Gasteiger partial charge in [0.15, 0.2) is 0 Å². The van der Waals surface area contributed by atoms with Crippen molar-refractivity contribution in [1.29, 1.82) is 0 Å². The van der Waals surface area contributed by atoms with Gasteiger partial charge in [0.05, 0.1) is 6.54 Å². The zero-order chi connectivity index (χ0) is 21.8. The molecule has 1 aliphatic heterocycles. The summed E-state index contributed by atoms with van der Waals surface area (Å²) >= 11 is 5.92. The number of phenolic OH excluding ortho intramolecular Hbond substituents is 1. The van der Waals surface area contributed by atoms with Gasteiger partial charge in [0.25, 0.3) is 5.91 Å². The second-order valence-corrected chi connectivity index (χ2v) is 7.56. The highest BCUT2D eigenvalue weighted by Gasteiger charge is 2.29. The second kappa shape index (κ2) is 9.04. The largest absolute Gasteiger partial charge is 0.508 e. The number of carbonyl (C=O) groups is 2. The molecule has 1 unspecified atom stereocenters. The maximum absolute atomic E-state index is 12.7. The summed E-state index contributed by atoms with van der Waals surface area (Å²) in [5, 5.41) is 13.0. The average molecular weight is 434 g/mol. The first kappa shape index (κ1) is 21.4. The van der Waals surface area contributed by atoms with Crippen LogP contribution >= 0.6 is 11.6 Å². The van der Waals surface area contributed by atoms with Crippen molar-refractivity contribution in [2.24, 2.45) is 5.73 Å². The number of nitrogens with one attached hydrogen (secondary N) is 1. The lowest BCUT2D eigenvalue weighted by atomic mass is 10.0. The molecule has 1 aromatic heterocycles. The minimum Gasteiger partial charge on any atom is -0.508 e. The van der Waals surface area contributed by atoms with Crippen LogP contribution in [0.5, 0.6) is 5.75 Å². The molecule has 1 aromatic carbocycles. The van der Waals surface area contributed by atoms with E-state index in [1.165, 1.54) is 18.5 Å². The number of phenols is 1. The summed E-state index contributed by atoms with van der Waals surface area (Å²) in [5.74, 6) is -0.400. The number of aromatic hydroxyl groups is 1. The summed E-state index contributed by atoms with van der Waals surface area (Å²) in [5.41, 5.74) is 11.9. The molecule has 2 aromatic rings. The van der Waals surface area contributed by atoms with E-state index in [1.807, 2.05) is 4.90 Å². The first-order valence-corrected chi connectivity index (χ1v) is 9.78. The van der Waals surface area contributed by atoms with Gasteiger partial charge in [-0.15, -0.1) is 0 Å². The van der Waals surface area contributed by atoms with Crippen molar-refractivity contribution < 1.29 is 14.7 Å². The van der Waals surface area contributed by atoms with Crippen molar-refractivity contribution >= 4 is 40.7 Å². The SMILES string of the molecule is CN(c1ncnc(N)c1C(N)=O)C1CCCN(C(=O)CNc2cc(O)cc(Cl)c2)C1. The minimum absolute atomic E-state index is 0.0199. The zero-order valence-electron chi connectivity index (χ0n) is 16.5. The lowest BCUT2D eigenvalue weighted by molar-refractivity contribution is -0.130. The summed E-state index contributed by atoms with van der Waals surface area (Å²) in [6.45, 7) is 1.14. The van der Waals surface area contributed by atoms with Gasteiger partial charge in [-0.05, 0) is 25.0 Å². The van der Waals surface area contributed by atoms with Crippen LogP contribution in [0.15, 0.2) is 24.5 Å². The Balaban J connectivity index is 1.67. The summed E-state index contributed by atoms with van der Waals surface area (Å²) in [6.07, 6.45) is 2.90. The van der Waals surface area contributed by atoms with Crippen LogP contribution in [0.3, 0.4) is 0 Å². The van der Waals surface area contributed by atoms with Gasteiger partial charge in [-0.3, -0.25) is 9.59 Å². The number of nitrogens with zero attached hydrogens (tertiary/aromatic N) is 4. The maximum atomic E-state index is 12.7. The van der Waals surface area contributed by atoms with E-state index >= 15 is 0 Å². The van der Waals surface area contributed by atoms with Gasteiger partial charge < -0.3 is 31.7 Å². The molecule has 3 rings (SSSR count). The molecule has 11 heteroatoms. The minimum atomic E-state index is -0.701. The molecule has 0 spiro atoms. The topological polar surface area (TPSA) is 151 Å². The fourth-order valence-electron chi connectivity index (χ4n) is 3.53. The Morgan fingerprint density at radius 2 is 2.13 bits per heavy atom. The number of carbonyl (C=O) groups excluding carboxylic acids is 2. The van der Waals surface area contributed by atoms with E-state index in [2.05, 4.69) is 15.3 Å². The fraction of sp³-hybridized carbons (Fsp3) is 0.368. The van der Waals surface area contributed by atoms with Crippen LogP contribution in [-0.2, 0) is 4.79 Å². The monoisotopic (exact) mass is 433 g/mol. The molecule has 2 heterocycles. The normalized spacial score (nSPS) is 16.2. The van der Waals surface area contributed by atoms with Gasteiger partial charge in [-0.2, -0.15) is 0 Å². The standard InChI is InChI=1S/C19H24ClN7O3/c1-26(19-16(18(22)30)17(21)24-10-25-19)13-3-2-4-27(9-13)15(29)8-23-12-5-11(20)6-14(28)7-12/h5-7,10,13,23,28H,2-4,8-9H2,1H3,(H2,22,30)(H2,21,24,25). The van der Waals surface area contributed by atoms with E-state index in [0.717, 1.165) is 12.8 Å². The molecule has 0 saturated carbocycles. The van der Waals surface area contributed by atoms with Crippen molar-refractivity contribution in [2.75, 3.05) is 42.6 Å². The number of piperidine rings is 1. The van der Waals surface area contributed by atoms with E-state index in [9.17, 15) is 14.7 Å². The molecule has 0 radical (unpaired) electrons. The Morgan fingerprint density at radius 1 is 1.37 bits per heavy atom. The van der Waals surface area contributed by atoms with Crippen molar-refractivity contribution in [3.05, 3.63) is 35.1 Å². The molecular weight excluding hydrogens is 410 g/mol. The highest BCUT2D eigenvalue weighted by Crippen LogP contribution is 2.26. The number of likely N-dealkylation sites (tertiary alicyclic amines) is 1. The number of amides is 2. The number of primary amides is 1. The number of hydrogen-bond donors (Lipinski definition) is 4. The van der Waals surface area contributed by atoms with Crippen LogP contribution in [-0.4, -0.2) is 64.5 Å². The van der Waals surface area contributed by atoms with Gasteiger partial charge in [0.2, 0.25) is 5.91 Å². The van der Waals surface area contributed by atoms with Crippen molar-refractivity contribution in [3.8, 4) is 5.75 Å². The second-order valence-electron chi connectivity index (χ2n) is 7.12. The predicted octanol–water partition coefficient (Wildman–Crippen LogP) is 1.06. The Hall–Kier alpha value is -3.27. The first-order chi connectivity index (χ1) is 14.3. The van der Waals surface area contributed by atoms with Crippen molar-refractivity contribution in [2.45, 2.75) is 18.9 Å². The average Bonchev–Trinajstić information content (AvgIpc) is 2.70. The Labute approximate surface area is 178 Å². The Bertz CT molecular complexity index is 935. The maximum Gasteiger partial charge on any atom is 0.256 e. The van der Waals surface area contributed by atoms with Crippen LogP contribution in [0.1, 0.15) is 23.2 Å². The number of nitrogen functional groups attached to an aromatic ring is 1. The molecule has 6 N–H and O–H groups in total. The highest BCUT2D eigenvalue weighted by molar-refractivity contribution is 6.31. The zero-order valence-corrected chi connectivity index (χ0v) is 17.3. The summed E-state index contributed by atoms with van der Waals surface area (Å²) < 4.78 is 0. The molecule has 1 fully saturated rings. The molecule has 10 nitrogen and oxygen atoms in total. The lowest BCUT2D eigenvalue weighted by Crippen LogP contribution is -2.50. The van der Waals surface area contributed by atoms with Crippen molar-refractivity contribution in [1.82, 2.24) is 14.9 Å². The molecule has 1 atom stereocenters. The molecular formula is C19H24ClN7O3. The van der Waals surface area contributed by atoms with E-state index < -0.39 is 5.91 Å². The highest BCUT2D eigenvalue weighted by atomic mass is 35.5. The summed E-state index contributed by atoms with van der Waals surface area (Å²) in [7, 11) is 1.79. The molecule has 1 aliphatic rings. The molecule has 1 saturated heterocycles. The van der Waals surface area contributed by atoms with E-state index in [1.54, 1.807) is 18.0 Å². The summed E-state index contributed by atoms with van der Waals surface area (Å²) in [4.78, 5) is 36.1. The van der Waals surface area contributed by atoms with Gasteiger partial charge in [-0.25, -0.2) is 9.97 Å². The van der Waals surface area contributed by atoms with Crippen LogP contribution in [0.25, 0.3) is 0 Å². The van der Waals surface area contributed by atoms with Gasteiger partial charge >= 0.3 is 0 Å². The number of likely N-dealkylation sites (N-methyl/N-ethyl adjacent to an activating group) is 1. The number of anilines is 3. The number of rotatable bonds is 6. The smallest absolute Gasteiger partial charge is 0.256 e. The summed E-state index contributed by atoms with van der Waals surface area (Å²) in [6, 6.07) is 4.48. The predicted molar refractivity (Wildman–Crippen MR) is 115 cm³/mol. The lowest BCUT2D eigenvalue weighted by Gasteiger charge is -2.38. The van der Waals surface area contributed by atoms with E-state index in [-0.39, 0.29) is 35.6 Å². The number of halogens is 1.